The van der Waals surface area contributed by atoms with Crippen molar-refractivity contribution in [2.75, 3.05) is 13.2 Å². The molecule has 0 N–H and O–H groups in total. The Labute approximate surface area is 144 Å². The summed E-state index contributed by atoms with van der Waals surface area (Å²) in [6.45, 7) is 0.945. The van der Waals surface area contributed by atoms with Crippen molar-refractivity contribution in [2.24, 2.45) is 10.3 Å². The Morgan fingerprint density at radius 1 is 0.652 bits per heavy atom. The minimum absolute atomic E-state index is 0.473. The summed E-state index contributed by atoms with van der Waals surface area (Å²) in [6, 6.07) is 14.7. The zero-order chi connectivity index (χ0) is 16.1. The summed E-state index contributed by atoms with van der Waals surface area (Å²) in [5, 5.41) is 9.81. The van der Waals surface area contributed by atoms with E-state index in [0.717, 1.165) is 17.5 Å². The van der Waals surface area contributed by atoms with Gasteiger partial charge in [-0.25, -0.2) is 0 Å². The Bertz CT molecular complexity index is 662. The van der Waals surface area contributed by atoms with Crippen LogP contribution in [0.1, 0.15) is 17.5 Å². The molecule has 0 bridgehead atoms. The topological polar surface area (TPSA) is 43.2 Å². The van der Waals surface area contributed by atoms with E-state index in [0.29, 0.717) is 34.7 Å². The van der Waals surface area contributed by atoms with Crippen LogP contribution in [0.4, 0.5) is 0 Å². The maximum Gasteiger partial charge on any atom is 0.139 e. The minimum Gasteiger partial charge on any atom is -0.395 e. The molecule has 0 amide bonds. The lowest BCUT2D eigenvalue weighted by molar-refractivity contribution is 0.0938. The molecule has 0 aromatic heterocycles. The van der Waals surface area contributed by atoms with Gasteiger partial charge in [-0.3, -0.25) is 0 Å². The van der Waals surface area contributed by atoms with Gasteiger partial charge in [0.2, 0.25) is 0 Å². The van der Waals surface area contributed by atoms with Crippen LogP contribution in [-0.2, 0) is 9.68 Å². The van der Waals surface area contributed by atoms with Crippen LogP contribution < -0.4 is 0 Å². The van der Waals surface area contributed by atoms with Crippen LogP contribution in [0.3, 0.4) is 0 Å². The molecule has 1 heterocycles. The van der Waals surface area contributed by atoms with Crippen molar-refractivity contribution >= 4 is 34.6 Å². The van der Waals surface area contributed by atoms with E-state index in [2.05, 4.69) is 10.3 Å². The van der Waals surface area contributed by atoms with Crippen LogP contribution in [0.25, 0.3) is 0 Å². The smallest absolute Gasteiger partial charge is 0.139 e. The molecule has 0 aliphatic carbocycles. The molecule has 1 aliphatic rings. The van der Waals surface area contributed by atoms with E-state index in [9.17, 15) is 0 Å². The number of hydrogen-bond donors (Lipinski definition) is 0. The van der Waals surface area contributed by atoms with E-state index < -0.39 is 0 Å². The first-order valence-electron chi connectivity index (χ1n) is 7.16. The second kappa shape index (κ2) is 7.49. The Morgan fingerprint density at radius 3 is 1.43 bits per heavy atom. The molecule has 1 aliphatic heterocycles. The predicted octanol–water partition coefficient (Wildman–Crippen LogP) is 4.54. The Kier molecular flexibility index (Phi) is 5.16. The zero-order valence-corrected chi connectivity index (χ0v) is 13.7. The van der Waals surface area contributed by atoms with Gasteiger partial charge in [0, 0.05) is 27.6 Å². The highest BCUT2D eigenvalue weighted by Crippen LogP contribution is 2.17. The van der Waals surface area contributed by atoms with Gasteiger partial charge in [0.15, 0.2) is 0 Å². The molecule has 23 heavy (non-hydrogen) atoms. The third kappa shape index (κ3) is 4.03. The quantitative estimate of drug-likeness (QED) is 0.799. The van der Waals surface area contributed by atoms with Crippen molar-refractivity contribution in [1.29, 1.82) is 0 Å². The summed E-state index contributed by atoms with van der Waals surface area (Å²) in [4.78, 5) is 10.8. The Hall–Kier alpha value is -2.04. The van der Waals surface area contributed by atoms with Crippen LogP contribution in [0.15, 0.2) is 58.8 Å². The molecule has 0 radical (unpaired) electrons. The molecule has 4 nitrogen and oxygen atoms in total. The highest BCUT2D eigenvalue weighted by molar-refractivity contribution is 6.53. The maximum absolute atomic E-state index is 5.97. The molecule has 2 aromatic rings. The van der Waals surface area contributed by atoms with Gasteiger partial charge in [-0.15, -0.1) is 0 Å². The molecular weight excluding hydrogens is 335 g/mol. The molecule has 118 valence electrons. The zero-order valence-electron chi connectivity index (χ0n) is 12.2. The van der Waals surface area contributed by atoms with Crippen LogP contribution in [-0.4, -0.2) is 24.6 Å². The fourth-order valence-corrected chi connectivity index (χ4v) is 2.34. The van der Waals surface area contributed by atoms with E-state index in [1.807, 2.05) is 24.3 Å². The normalized spacial score (nSPS) is 19.7. The molecular formula is C17H14Cl2N2O2. The van der Waals surface area contributed by atoms with Gasteiger partial charge in [-0.2, -0.15) is 0 Å². The summed E-state index contributed by atoms with van der Waals surface area (Å²) >= 11 is 11.9. The first-order chi connectivity index (χ1) is 11.2. The van der Waals surface area contributed by atoms with Gasteiger partial charge in [0.05, 0.1) is 0 Å². The predicted molar refractivity (Wildman–Crippen MR) is 92.5 cm³/mol. The first-order valence-corrected chi connectivity index (χ1v) is 7.92. The second-order valence-corrected chi connectivity index (χ2v) is 5.79. The van der Waals surface area contributed by atoms with Gasteiger partial charge >= 0.3 is 0 Å². The fourth-order valence-electron chi connectivity index (χ4n) is 2.09. The number of nitrogens with zero attached hydrogens (tertiary/aromatic N) is 2. The van der Waals surface area contributed by atoms with Gasteiger partial charge in [-0.05, 0) is 24.3 Å². The second-order valence-electron chi connectivity index (χ2n) is 4.91. The molecule has 0 atom stereocenters. The molecule has 0 saturated carbocycles. The first kappa shape index (κ1) is 15.8. The number of benzene rings is 2. The maximum atomic E-state index is 5.97. The third-order valence-electron chi connectivity index (χ3n) is 3.24. The summed E-state index contributed by atoms with van der Waals surface area (Å²) in [5.41, 5.74) is 2.86. The highest BCUT2D eigenvalue weighted by atomic mass is 35.5. The standard InChI is InChI=1S/C17H14Cl2N2O2/c18-14-6-2-12(3-7-14)16-17(13-4-8-15(19)9-5-13)21-23-11-1-10-22-20-16/h2-9H,1,10-11H2/b20-16-,21-17-. The van der Waals surface area contributed by atoms with Gasteiger partial charge in [-0.1, -0.05) is 57.8 Å². The SMILES string of the molecule is Clc1ccc(C2=N/OCCCO/N=C\2c2ccc(Cl)cc2)cc1. The van der Waals surface area contributed by atoms with Crippen molar-refractivity contribution in [3.05, 3.63) is 69.7 Å². The molecule has 0 unspecified atom stereocenters. The van der Waals surface area contributed by atoms with Gasteiger partial charge in [0.1, 0.15) is 24.6 Å². The highest BCUT2D eigenvalue weighted by Gasteiger charge is 2.17. The van der Waals surface area contributed by atoms with Crippen LogP contribution in [0.5, 0.6) is 0 Å². The number of oxime groups is 2. The lowest BCUT2D eigenvalue weighted by Gasteiger charge is -2.09. The van der Waals surface area contributed by atoms with Crippen LogP contribution in [0, 0.1) is 0 Å². The van der Waals surface area contributed by atoms with Crippen LogP contribution >= 0.6 is 23.2 Å². The average molecular weight is 349 g/mol. The van der Waals surface area contributed by atoms with E-state index in [-0.39, 0.29) is 0 Å². The molecule has 3 rings (SSSR count). The number of rotatable bonds is 2. The number of halogens is 2. The molecule has 0 spiro atoms. The fraction of sp³-hybridized carbons (Fsp3) is 0.176. The van der Waals surface area contributed by atoms with E-state index >= 15 is 0 Å². The monoisotopic (exact) mass is 348 g/mol. The van der Waals surface area contributed by atoms with Crippen molar-refractivity contribution in [2.45, 2.75) is 6.42 Å². The molecule has 0 fully saturated rings. The Morgan fingerprint density at radius 2 is 1.04 bits per heavy atom. The molecule has 2 aromatic carbocycles. The Balaban J connectivity index is 2.06. The van der Waals surface area contributed by atoms with Gasteiger partial charge in [0.25, 0.3) is 0 Å². The largest absolute Gasteiger partial charge is 0.395 e. The van der Waals surface area contributed by atoms with Crippen molar-refractivity contribution in [3.63, 3.8) is 0 Å². The van der Waals surface area contributed by atoms with Crippen LogP contribution in [0.2, 0.25) is 10.0 Å². The summed E-state index contributed by atoms with van der Waals surface area (Å²) in [6.07, 6.45) is 0.717. The third-order valence-corrected chi connectivity index (χ3v) is 3.75. The molecule has 6 heteroatoms. The summed E-state index contributed by atoms with van der Waals surface area (Å²) < 4.78 is 0. The number of hydrogen-bond acceptors (Lipinski definition) is 4. The minimum atomic E-state index is 0.473. The average Bonchev–Trinajstić information content (AvgIpc) is 2.68. The summed E-state index contributed by atoms with van der Waals surface area (Å²) in [5.74, 6) is 0. The van der Waals surface area contributed by atoms with E-state index in [4.69, 9.17) is 32.9 Å². The molecule has 0 saturated heterocycles. The van der Waals surface area contributed by atoms with Crippen molar-refractivity contribution < 1.29 is 9.68 Å². The lowest BCUT2D eigenvalue weighted by Crippen LogP contribution is -2.18. The van der Waals surface area contributed by atoms with Crippen molar-refractivity contribution in [1.82, 2.24) is 0 Å². The lowest BCUT2D eigenvalue weighted by atomic mass is 10.00. The van der Waals surface area contributed by atoms with Crippen molar-refractivity contribution in [3.8, 4) is 0 Å². The van der Waals surface area contributed by atoms with Gasteiger partial charge < -0.3 is 9.68 Å². The van der Waals surface area contributed by atoms with E-state index in [1.165, 1.54) is 0 Å². The summed E-state index contributed by atoms with van der Waals surface area (Å²) in [7, 11) is 0. The van der Waals surface area contributed by atoms with E-state index in [1.54, 1.807) is 24.3 Å².